The summed E-state index contributed by atoms with van der Waals surface area (Å²) in [5.74, 6) is -0.706. The first-order valence-corrected chi connectivity index (χ1v) is 3.14. The molecule has 0 fully saturated rings. The molecule has 0 bridgehead atoms. The van der Waals surface area contributed by atoms with Gasteiger partial charge in [0.05, 0.1) is 0 Å². The standard InChI is InChI=1S/C5H5N3O2S.Na.H/c6-4(10)2-1-3(9)8-5(11)7-2;;/h1H,(H2,6,10)(H2,7,8,9,11);;/q;+1;-1. The fourth-order valence-electron chi connectivity index (χ4n) is 0.601. The van der Waals surface area contributed by atoms with Gasteiger partial charge in [-0.2, -0.15) is 0 Å². The number of aromatic amines is 2. The van der Waals surface area contributed by atoms with E-state index >= 15 is 0 Å². The van der Waals surface area contributed by atoms with Crippen LogP contribution in [0.25, 0.3) is 0 Å². The van der Waals surface area contributed by atoms with Gasteiger partial charge in [-0.1, -0.05) is 0 Å². The van der Waals surface area contributed by atoms with E-state index in [2.05, 4.69) is 22.2 Å². The first-order chi connectivity index (χ1) is 5.09. The largest absolute Gasteiger partial charge is 1.00 e. The van der Waals surface area contributed by atoms with E-state index < -0.39 is 11.5 Å². The summed E-state index contributed by atoms with van der Waals surface area (Å²) < 4.78 is 0.0892. The van der Waals surface area contributed by atoms with Crippen LogP contribution in [0, 0.1) is 4.77 Å². The first kappa shape index (κ1) is 11.6. The molecule has 1 amide bonds. The molecule has 5 nitrogen and oxygen atoms in total. The van der Waals surface area contributed by atoms with Gasteiger partial charge in [0.1, 0.15) is 5.69 Å². The molecule has 0 aromatic carbocycles. The fourth-order valence-corrected chi connectivity index (χ4v) is 0.812. The van der Waals surface area contributed by atoms with E-state index in [1.54, 1.807) is 0 Å². The van der Waals surface area contributed by atoms with Crippen molar-refractivity contribution in [3.63, 3.8) is 0 Å². The molecule has 0 aliphatic heterocycles. The predicted octanol–water partition coefficient (Wildman–Crippen LogP) is -3.35. The van der Waals surface area contributed by atoms with E-state index in [0.29, 0.717) is 0 Å². The maximum absolute atomic E-state index is 10.7. The number of rotatable bonds is 1. The Morgan fingerprint density at radius 1 is 1.58 bits per heavy atom. The van der Waals surface area contributed by atoms with E-state index in [-0.39, 0.29) is 41.4 Å². The van der Waals surface area contributed by atoms with Crippen LogP contribution in [-0.2, 0) is 0 Å². The molecule has 0 saturated carbocycles. The van der Waals surface area contributed by atoms with Crippen molar-refractivity contribution in [1.82, 2.24) is 9.97 Å². The number of amides is 1. The first-order valence-electron chi connectivity index (χ1n) is 2.73. The minimum Gasteiger partial charge on any atom is -1.00 e. The van der Waals surface area contributed by atoms with Crippen molar-refractivity contribution >= 4 is 18.1 Å². The molecule has 1 aromatic heterocycles. The van der Waals surface area contributed by atoms with Crippen molar-refractivity contribution in [3.05, 3.63) is 26.9 Å². The van der Waals surface area contributed by atoms with Crippen LogP contribution in [-0.4, -0.2) is 15.9 Å². The summed E-state index contributed by atoms with van der Waals surface area (Å²) >= 11 is 4.59. The normalized spacial score (nSPS) is 8.67. The van der Waals surface area contributed by atoms with Gasteiger partial charge in [0, 0.05) is 6.07 Å². The summed E-state index contributed by atoms with van der Waals surface area (Å²) in [5, 5.41) is 0. The zero-order valence-electron chi connectivity index (χ0n) is 7.38. The van der Waals surface area contributed by atoms with Crippen LogP contribution in [0.1, 0.15) is 11.9 Å². The zero-order chi connectivity index (χ0) is 8.43. The summed E-state index contributed by atoms with van der Waals surface area (Å²) in [6.45, 7) is 0. The monoisotopic (exact) mass is 195 g/mol. The van der Waals surface area contributed by atoms with Gasteiger partial charge in [0.15, 0.2) is 4.77 Å². The number of aromatic nitrogens is 2. The van der Waals surface area contributed by atoms with Crippen molar-refractivity contribution in [2.45, 2.75) is 0 Å². The molecule has 7 heteroatoms. The van der Waals surface area contributed by atoms with Gasteiger partial charge in [-0.15, -0.1) is 0 Å². The van der Waals surface area contributed by atoms with Crippen molar-refractivity contribution in [2.24, 2.45) is 5.73 Å². The van der Waals surface area contributed by atoms with E-state index in [4.69, 9.17) is 5.73 Å². The van der Waals surface area contributed by atoms with E-state index in [1.807, 2.05) is 0 Å². The molecule has 1 rings (SSSR count). The zero-order valence-corrected chi connectivity index (χ0v) is 9.20. The fraction of sp³-hybridized carbons (Fsp3) is 0. The van der Waals surface area contributed by atoms with Crippen LogP contribution in [0.4, 0.5) is 0 Å². The van der Waals surface area contributed by atoms with Crippen molar-refractivity contribution in [2.75, 3.05) is 0 Å². The van der Waals surface area contributed by atoms with E-state index in [9.17, 15) is 9.59 Å². The third-order valence-electron chi connectivity index (χ3n) is 1.03. The molecular formula is C5H6N3NaO2S. The Labute approximate surface area is 96.2 Å². The number of nitrogens with two attached hydrogens (primary N) is 1. The molecule has 12 heavy (non-hydrogen) atoms. The number of carbonyl (C=O) groups excluding carboxylic acids is 1. The molecule has 0 unspecified atom stereocenters. The molecular weight excluding hydrogens is 189 g/mol. The Balaban J connectivity index is 0. The smallest absolute Gasteiger partial charge is 1.00 e. The third kappa shape index (κ3) is 2.90. The van der Waals surface area contributed by atoms with Crippen LogP contribution < -0.4 is 40.9 Å². The number of hydrogen-bond donors (Lipinski definition) is 3. The van der Waals surface area contributed by atoms with Crippen LogP contribution >= 0.6 is 12.2 Å². The van der Waals surface area contributed by atoms with Crippen molar-refractivity contribution in [3.8, 4) is 0 Å². The summed E-state index contributed by atoms with van der Waals surface area (Å²) in [7, 11) is 0. The molecule has 0 aliphatic rings. The molecule has 0 spiro atoms. The van der Waals surface area contributed by atoms with Gasteiger partial charge in [-0.05, 0) is 12.2 Å². The average molecular weight is 195 g/mol. The Morgan fingerprint density at radius 2 is 2.17 bits per heavy atom. The molecule has 4 N–H and O–H groups in total. The summed E-state index contributed by atoms with van der Waals surface area (Å²) in [6, 6.07) is 1.05. The van der Waals surface area contributed by atoms with Crippen molar-refractivity contribution < 1.29 is 35.8 Å². The Morgan fingerprint density at radius 3 is 2.58 bits per heavy atom. The third-order valence-corrected chi connectivity index (χ3v) is 1.23. The molecule has 0 saturated heterocycles. The average Bonchev–Trinajstić information content (AvgIpc) is 1.85. The van der Waals surface area contributed by atoms with Gasteiger partial charge in [-0.3, -0.25) is 14.6 Å². The molecule has 1 aromatic rings. The van der Waals surface area contributed by atoms with E-state index in [0.717, 1.165) is 6.07 Å². The van der Waals surface area contributed by atoms with Gasteiger partial charge in [0.2, 0.25) is 0 Å². The Kier molecular flexibility index (Phi) is 4.40. The van der Waals surface area contributed by atoms with Crippen LogP contribution in [0.15, 0.2) is 10.9 Å². The molecule has 0 aliphatic carbocycles. The second kappa shape index (κ2) is 4.56. The SMILES string of the molecule is NC(=O)c1cc(=O)[nH]c(=S)[nH]1.[H-].[Na+]. The number of primary amides is 1. The topological polar surface area (TPSA) is 91.7 Å². The summed E-state index contributed by atoms with van der Waals surface area (Å²) in [5.41, 5.74) is 4.45. The second-order valence-corrected chi connectivity index (χ2v) is 2.27. The maximum atomic E-state index is 10.7. The minimum absolute atomic E-state index is 0. The van der Waals surface area contributed by atoms with E-state index in [1.165, 1.54) is 0 Å². The summed E-state index contributed by atoms with van der Waals surface area (Å²) in [4.78, 5) is 25.9. The van der Waals surface area contributed by atoms with Crippen LogP contribution in [0.3, 0.4) is 0 Å². The van der Waals surface area contributed by atoms with Crippen molar-refractivity contribution in [1.29, 1.82) is 0 Å². The summed E-state index contributed by atoms with van der Waals surface area (Å²) in [6.07, 6.45) is 0. The number of H-pyrrole nitrogens is 2. The Bertz CT molecular complexity index is 373. The van der Waals surface area contributed by atoms with Gasteiger partial charge < -0.3 is 12.1 Å². The van der Waals surface area contributed by atoms with Crippen LogP contribution in [0.2, 0.25) is 0 Å². The number of carbonyl (C=O) groups is 1. The maximum Gasteiger partial charge on any atom is 1.00 e. The number of nitrogens with one attached hydrogen (secondary N) is 2. The predicted molar refractivity (Wildman–Crippen MR) is 41.9 cm³/mol. The van der Waals surface area contributed by atoms with Crippen LogP contribution in [0.5, 0.6) is 0 Å². The van der Waals surface area contributed by atoms with Gasteiger partial charge in [-0.25, -0.2) is 0 Å². The van der Waals surface area contributed by atoms with Gasteiger partial charge >= 0.3 is 29.6 Å². The molecule has 0 radical (unpaired) electrons. The second-order valence-electron chi connectivity index (χ2n) is 1.87. The Hall–Kier alpha value is -0.430. The number of hydrogen-bond acceptors (Lipinski definition) is 3. The molecule has 60 valence electrons. The quantitative estimate of drug-likeness (QED) is 0.323. The minimum atomic E-state index is -0.706. The van der Waals surface area contributed by atoms with Gasteiger partial charge in [0.25, 0.3) is 11.5 Å². The molecule has 0 atom stereocenters. The molecule has 1 heterocycles.